The van der Waals surface area contributed by atoms with Crippen molar-refractivity contribution in [1.82, 2.24) is 0 Å². The van der Waals surface area contributed by atoms with Crippen LogP contribution in [0.4, 0.5) is 5.69 Å². The van der Waals surface area contributed by atoms with E-state index in [1.807, 2.05) is 6.92 Å². The molecule has 0 aliphatic carbocycles. The summed E-state index contributed by atoms with van der Waals surface area (Å²) in [5, 5.41) is 0. The molecule has 0 aliphatic heterocycles. The molecule has 94 valence electrons. The Balaban J connectivity index is 2.73. The van der Waals surface area contributed by atoms with Crippen LogP contribution >= 0.6 is 15.9 Å². The fraction of sp³-hybridized carbons (Fsp3) is 0.462. The molecule has 1 aromatic carbocycles. The van der Waals surface area contributed by atoms with Gasteiger partial charge in [0, 0.05) is 4.47 Å². The lowest BCUT2D eigenvalue weighted by Gasteiger charge is -2.16. The predicted octanol–water partition coefficient (Wildman–Crippen LogP) is 3.62. The van der Waals surface area contributed by atoms with Crippen LogP contribution in [0.25, 0.3) is 0 Å². The zero-order chi connectivity index (χ0) is 13.0. The highest BCUT2D eigenvalue weighted by Crippen LogP contribution is 2.24. The monoisotopic (exact) mass is 299 g/mol. The molecule has 1 aromatic rings. The van der Waals surface area contributed by atoms with Gasteiger partial charge in [0.15, 0.2) is 0 Å². The maximum absolute atomic E-state index is 11.9. The Bertz CT molecular complexity index is 404. The van der Waals surface area contributed by atoms with Gasteiger partial charge < -0.3 is 10.5 Å². The van der Waals surface area contributed by atoms with E-state index in [2.05, 4.69) is 29.8 Å². The third-order valence-corrected chi connectivity index (χ3v) is 3.08. The highest BCUT2D eigenvalue weighted by molar-refractivity contribution is 9.10. The predicted molar refractivity (Wildman–Crippen MR) is 72.9 cm³/mol. The number of anilines is 1. The first-order valence-corrected chi connectivity index (χ1v) is 6.46. The topological polar surface area (TPSA) is 52.3 Å². The number of carbonyl (C=O) groups excluding carboxylic acids is 1. The smallest absolute Gasteiger partial charge is 0.340 e. The van der Waals surface area contributed by atoms with Crippen molar-refractivity contribution in [3.05, 3.63) is 28.2 Å². The van der Waals surface area contributed by atoms with Crippen LogP contribution in [0.5, 0.6) is 0 Å². The molecule has 4 heteroatoms. The van der Waals surface area contributed by atoms with Crippen LogP contribution < -0.4 is 5.73 Å². The molecule has 0 amide bonds. The second-order valence-corrected chi connectivity index (χ2v) is 5.40. The van der Waals surface area contributed by atoms with Crippen LogP contribution in [0.15, 0.2) is 22.7 Å². The van der Waals surface area contributed by atoms with Crippen LogP contribution in [0, 0.1) is 5.92 Å². The molecule has 2 N–H and O–H groups in total. The van der Waals surface area contributed by atoms with Gasteiger partial charge in [0.25, 0.3) is 0 Å². The van der Waals surface area contributed by atoms with E-state index in [1.54, 1.807) is 18.2 Å². The lowest BCUT2D eigenvalue weighted by Crippen LogP contribution is -2.18. The summed E-state index contributed by atoms with van der Waals surface area (Å²) in [6.07, 6.45) is 0.750. The minimum Gasteiger partial charge on any atom is -0.459 e. The van der Waals surface area contributed by atoms with Crippen molar-refractivity contribution in [1.29, 1.82) is 0 Å². The van der Waals surface area contributed by atoms with Gasteiger partial charge in [-0.1, -0.05) is 19.9 Å². The number of ether oxygens (including phenoxy) is 1. The first-order valence-electron chi connectivity index (χ1n) is 5.66. The Morgan fingerprint density at radius 1 is 1.41 bits per heavy atom. The van der Waals surface area contributed by atoms with Gasteiger partial charge in [-0.15, -0.1) is 0 Å². The number of para-hydroxylation sites is 1. The number of carbonyl (C=O) groups is 1. The molecule has 3 nitrogen and oxygen atoms in total. The summed E-state index contributed by atoms with van der Waals surface area (Å²) in [4.78, 5) is 11.9. The Hall–Kier alpha value is -1.03. The van der Waals surface area contributed by atoms with Crippen molar-refractivity contribution in [3.63, 3.8) is 0 Å². The maximum atomic E-state index is 11.9. The van der Waals surface area contributed by atoms with Crippen LogP contribution in [-0.4, -0.2) is 12.1 Å². The number of nitrogens with two attached hydrogens (primary N) is 1. The number of rotatable bonds is 4. The SMILES string of the molecule is CC(C)CC(C)OC(=O)c1cccc(Br)c1N. The van der Waals surface area contributed by atoms with Crippen molar-refractivity contribution in [2.24, 2.45) is 5.92 Å². The zero-order valence-corrected chi connectivity index (χ0v) is 12.0. The van der Waals surface area contributed by atoms with E-state index in [0.29, 0.717) is 21.6 Å². The molecule has 0 heterocycles. The number of halogens is 1. The minimum atomic E-state index is -0.364. The van der Waals surface area contributed by atoms with E-state index in [4.69, 9.17) is 10.5 Å². The van der Waals surface area contributed by atoms with Crippen LogP contribution in [0.2, 0.25) is 0 Å². The Morgan fingerprint density at radius 2 is 2.06 bits per heavy atom. The molecule has 0 saturated carbocycles. The van der Waals surface area contributed by atoms with Gasteiger partial charge in [-0.3, -0.25) is 0 Å². The lowest BCUT2D eigenvalue weighted by molar-refractivity contribution is 0.0301. The fourth-order valence-electron chi connectivity index (χ4n) is 1.67. The molecule has 0 saturated heterocycles. The third-order valence-electron chi connectivity index (χ3n) is 2.38. The average Bonchev–Trinajstić information content (AvgIpc) is 2.20. The van der Waals surface area contributed by atoms with E-state index in [9.17, 15) is 4.79 Å². The molecular weight excluding hydrogens is 282 g/mol. The average molecular weight is 300 g/mol. The van der Waals surface area contributed by atoms with E-state index in [1.165, 1.54) is 0 Å². The van der Waals surface area contributed by atoms with Crippen molar-refractivity contribution < 1.29 is 9.53 Å². The lowest BCUT2D eigenvalue weighted by atomic mass is 10.1. The molecule has 1 atom stereocenters. The van der Waals surface area contributed by atoms with Gasteiger partial charge in [0.2, 0.25) is 0 Å². The van der Waals surface area contributed by atoms with E-state index in [0.717, 1.165) is 6.42 Å². The molecule has 0 aliphatic rings. The van der Waals surface area contributed by atoms with Crippen LogP contribution in [0.1, 0.15) is 37.6 Å². The second-order valence-electron chi connectivity index (χ2n) is 4.55. The van der Waals surface area contributed by atoms with Gasteiger partial charge in [-0.05, 0) is 47.3 Å². The number of hydrogen-bond donors (Lipinski definition) is 1. The Morgan fingerprint density at radius 3 is 2.65 bits per heavy atom. The summed E-state index contributed by atoms with van der Waals surface area (Å²) in [6, 6.07) is 5.23. The normalized spacial score (nSPS) is 12.5. The minimum absolute atomic E-state index is 0.0964. The van der Waals surface area contributed by atoms with E-state index < -0.39 is 0 Å². The highest BCUT2D eigenvalue weighted by Gasteiger charge is 2.16. The second kappa shape index (κ2) is 6.05. The summed E-state index contributed by atoms with van der Waals surface area (Å²) in [5.74, 6) is 0.134. The standard InChI is InChI=1S/C13H18BrNO2/c1-8(2)7-9(3)17-13(16)10-5-4-6-11(14)12(10)15/h4-6,8-9H,7,15H2,1-3H3. The van der Waals surface area contributed by atoms with Gasteiger partial charge >= 0.3 is 5.97 Å². The molecule has 0 fully saturated rings. The molecule has 0 aromatic heterocycles. The van der Waals surface area contributed by atoms with Gasteiger partial charge in [-0.2, -0.15) is 0 Å². The molecule has 0 radical (unpaired) electrons. The fourth-order valence-corrected chi connectivity index (χ4v) is 2.04. The maximum Gasteiger partial charge on any atom is 0.340 e. The molecule has 1 unspecified atom stereocenters. The third kappa shape index (κ3) is 4.04. The van der Waals surface area contributed by atoms with Crippen molar-refractivity contribution in [2.45, 2.75) is 33.3 Å². The largest absolute Gasteiger partial charge is 0.459 e. The van der Waals surface area contributed by atoms with Crippen LogP contribution in [0.3, 0.4) is 0 Å². The first kappa shape index (κ1) is 14.0. The first-order chi connectivity index (χ1) is 7.91. The van der Waals surface area contributed by atoms with E-state index >= 15 is 0 Å². The highest BCUT2D eigenvalue weighted by atomic mass is 79.9. The zero-order valence-electron chi connectivity index (χ0n) is 10.4. The van der Waals surface area contributed by atoms with Crippen molar-refractivity contribution >= 4 is 27.6 Å². The number of benzene rings is 1. The molecule has 0 spiro atoms. The number of esters is 1. The molecule has 0 bridgehead atoms. The summed E-state index contributed by atoms with van der Waals surface area (Å²) < 4.78 is 6.05. The molecular formula is C13H18BrNO2. The molecule has 1 rings (SSSR count). The summed E-state index contributed by atoms with van der Waals surface area (Å²) in [7, 11) is 0. The quantitative estimate of drug-likeness (QED) is 0.682. The Labute approximate surface area is 110 Å². The summed E-state index contributed by atoms with van der Waals surface area (Å²) in [5.41, 5.74) is 6.65. The van der Waals surface area contributed by atoms with Gasteiger partial charge in [-0.25, -0.2) is 4.79 Å². The Kier molecular flexibility index (Phi) is 5.00. The number of hydrogen-bond acceptors (Lipinski definition) is 3. The number of nitrogen functional groups attached to an aromatic ring is 1. The van der Waals surface area contributed by atoms with Gasteiger partial charge in [0.05, 0.1) is 17.4 Å². The summed E-state index contributed by atoms with van der Waals surface area (Å²) >= 11 is 3.29. The molecule has 17 heavy (non-hydrogen) atoms. The van der Waals surface area contributed by atoms with E-state index in [-0.39, 0.29) is 12.1 Å². The van der Waals surface area contributed by atoms with Gasteiger partial charge in [0.1, 0.15) is 0 Å². The van der Waals surface area contributed by atoms with Crippen molar-refractivity contribution in [2.75, 3.05) is 5.73 Å². The van der Waals surface area contributed by atoms with Crippen molar-refractivity contribution in [3.8, 4) is 0 Å². The summed E-state index contributed by atoms with van der Waals surface area (Å²) in [6.45, 7) is 6.09. The van der Waals surface area contributed by atoms with Crippen LogP contribution in [-0.2, 0) is 4.74 Å².